The van der Waals surface area contributed by atoms with Gasteiger partial charge in [-0.25, -0.2) is 0 Å². The first-order valence-corrected chi connectivity index (χ1v) is 4.14. The maximum absolute atomic E-state index is 12.3. The minimum Gasteiger partial charge on any atom is -0.259 e. The molecule has 0 rings (SSSR count). The second kappa shape index (κ2) is 3.47. The third-order valence-electron chi connectivity index (χ3n) is 0.784. The molecule has 6 nitrogen and oxygen atoms in total. The summed E-state index contributed by atoms with van der Waals surface area (Å²) in [5.41, 5.74) is 0. The highest BCUT2D eigenvalue weighted by Crippen LogP contribution is 2.39. The molecule has 0 aromatic carbocycles. The summed E-state index contributed by atoms with van der Waals surface area (Å²) in [5, 5.41) is 4.37. The van der Waals surface area contributed by atoms with E-state index in [2.05, 4.69) is 15.8 Å². The largest absolute Gasteiger partial charge is 0.588 e. The molecule has 0 aliphatic rings. The Morgan fingerprint density at radius 3 is 1.93 bits per heavy atom. The smallest absolute Gasteiger partial charge is 0.259 e. The first-order valence-electron chi connectivity index (χ1n) is 2.45. The molecule has 0 radical (unpaired) electrons. The van der Waals surface area contributed by atoms with Crippen LogP contribution in [0.5, 0.6) is 0 Å². The Labute approximate surface area is 79.0 Å². The lowest BCUT2D eigenvalue weighted by atomic mass is 10.6. The van der Waals surface area contributed by atoms with E-state index in [0.717, 1.165) is 0 Å². The van der Waals surface area contributed by atoms with Crippen LogP contribution in [0.2, 0.25) is 0 Å². The number of halogens is 5. The fraction of sp³-hybridized carbons (Fsp3) is 1.00. The number of nitro groups is 1. The number of hydrogen-bond donors (Lipinski definition) is 0. The molecule has 0 spiro atoms. The number of alkyl halides is 4. The van der Waals surface area contributed by atoms with Gasteiger partial charge in [0.1, 0.15) is 4.92 Å². The van der Waals surface area contributed by atoms with Crippen LogP contribution in [0.3, 0.4) is 0 Å². The molecule has 0 fully saturated rings. The van der Waals surface area contributed by atoms with Crippen molar-refractivity contribution in [3.63, 3.8) is 0 Å². The third kappa shape index (κ3) is 2.92. The molecule has 1 atom stereocenters. The second-order valence-electron chi connectivity index (χ2n) is 1.79. The Morgan fingerprint density at radius 1 is 1.36 bits per heavy atom. The average molecular weight is 262 g/mol. The molecule has 0 aromatic heterocycles. The zero-order valence-electron chi connectivity index (χ0n) is 5.79. The summed E-state index contributed by atoms with van der Waals surface area (Å²) in [4.78, 5) is 6.92. The molecular formula is C2ClF4NO5S. The van der Waals surface area contributed by atoms with Crippen molar-refractivity contribution >= 4 is 22.1 Å². The van der Waals surface area contributed by atoms with Gasteiger partial charge in [0.05, 0.1) is 0 Å². The first-order chi connectivity index (χ1) is 5.90. The minimum atomic E-state index is -6.19. The van der Waals surface area contributed by atoms with Crippen LogP contribution in [0.4, 0.5) is 17.1 Å². The molecular weight excluding hydrogens is 262 g/mol. The number of rotatable bonds is 4. The Morgan fingerprint density at radius 2 is 1.71 bits per heavy atom. The van der Waals surface area contributed by atoms with Crippen molar-refractivity contribution in [3.8, 4) is 0 Å². The van der Waals surface area contributed by atoms with E-state index in [9.17, 15) is 35.6 Å². The average Bonchev–Trinajstić information content (AvgIpc) is 1.80. The van der Waals surface area contributed by atoms with E-state index in [4.69, 9.17) is 0 Å². The summed E-state index contributed by atoms with van der Waals surface area (Å²) >= 11 is 4.01. The molecule has 0 aliphatic carbocycles. The van der Waals surface area contributed by atoms with Gasteiger partial charge in [-0.3, -0.25) is 10.1 Å². The summed E-state index contributed by atoms with van der Waals surface area (Å²) in [6, 6.07) is -5.62. The highest BCUT2D eigenvalue weighted by Gasteiger charge is 2.70. The van der Waals surface area contributed by atoms with E-state index in [-0.39, 0.29) is 0 Å². The third-order valence-corrected chi connectivity index (χ3v) is 1.61. The Hall–Kier alpha value is -0.680. The van der Waals surface area contributed by atoms with Gasteiger partial charge in [-0.1, -0.05) is 3.89 Å². The lowest BCUT2D eigenvalue weighted by molar-refractivity contribution is -0.669. The maximum atomic E-state index is 12.3. The van der Waals surface area contributed by atoms with Crippen LogP contribution in [0, 0.1) is 10.1 Å². The summed E-state index contributed by atoms with van der Waals surface area (Å²) in [7, 11) is -6.19. The Bertz CT molecular complexity index is 340. The van der Waals surface area contributed by atoms with E-state index in [1.54, 1.807) is 0 Å². The van der Waals surface area contributed by atoms with E-state index < -0.39 is 26.8 Å². The van der Waals surface area contributed by atoms with Crippen molar-refractivity contribution in [2.24, 2.45) is 0 Å². The Kier molecular flexibility index (Phi) is 3.30. The normalized spacial score (nSPS) is 17.5. The summed E-state index contributed by atoms with van der Waals surface area (Å²) < 4.78 is 69.5. The van der Waals surface area contributed by atoms with Gasteiger partial charge in [0, 0.05) is 0 Å². The van der Waals surface area contributed by atoms with Gasteiger partial charge in [0.25, 0.3) is 0 Å². The van der Waals surface area contributed by atoms with Crippen molar-refractivity contribution < 1.29 is 34.6 Å². The second-order valence-corrected chi connectivity index (χ2v) is 3.23. The monoisotopic (exact) mass is 261 g/mol. The van der Waals surface area contributed by atoms with Crippen LogP contribution in [-0.4, -0.2) is 24.7 Å². The van der Waals surface area contributed by atoms with Crippen molar-refractivity contribution in [2.75, 3.05) is 0 Å². The van der Waals surface area contributed by atoms with E-state index in [0.29, 0.717) is 0 Å². The first kappa shape index (κ1) is 13.3. The van der Waals surface area contributed by atoms with Crippen molar-refractivity contribution in [3.05, 3.63) is 10.1 Å². The van der Waals surface area contributed by atoms with E-state index >= 15 is 0 Å². The van der Waals surface area contributed by atoms with Gasteiger partial charge in [0.2, 0.25) is 0 Å². The summed E-state index contributed by atoms with van der Waals surface area (Å²) in [5.74, 6) is 0. The highest BCUT2D eigenvalue weighted by molar-refractivity contribution is 7.81. The minimum absolute atomic E-state index is 2.36. The molecule has 14 heavy (non-hydrogen) atoms. The van der Waals surface area contributed by atoms with Crippen molar-refractivity contribution in [1.82, 2.24) is 0 Å². The van der Waals surface area contributed by atoms with Crippen LogP contribution >= 0.6 is 11.6 Å². The molecule has 0 saturated carbocycles. The van der Waals surface area contributed by atoms with Gasteiger partial charge < -0.3 is 0 Å². The zero-order valence-corrected chi connectivity index (χ0v) is 7.36. The van der Waals surface area contributed by atoms with E-state index in [1.807, 2.05) is 0 Å². The predicted molar refractivity (Wildman–Crippen MR) is 32.7 cm³/mol. The van der Waals surface area contributed by atoms with Crippen LogP contribution in [0.15, 0.2) is 0 Å². The molecule has 84 valence electrons. The van der Waals surface area contributed by atoms with Gasteiger partial charge in [-0.05, 0) is 11.6 Å². The van der Waals surface area contributed by atoms with E-state index in [1.165, 1.54) is 0 Å². The van der Waals surface area contributed by atoms with Crippen LogP contribution in [0.25, 0.3) is 0 Å². The van der Waals surface area contributed by atoms with Gasteiger partial charge >= 0.3 is 21.9 Å². The standard InChI is InChI=1S/C2ClF4NO5S/c3-1(4,13-14(7,11)12)2(5,6)8(9)10. The molecule has 1 unspecified atom stereocenters. The van der Waals surface area contributed by atoms with Crippen LogP contribution < -0.4 is 0 Å². The summed E-state index contributed by atoms with van der Waals surface area (Å²) in [6.45, 7) is 0. The van der Waals surface area contributed by atoms with Gasteiger partial charge in [-0.2, -0.15) is 17.0 Å². The number of hydrogen-bond acceptors (Lipinski definition) is 5. The molecule has 12 heteroatoms. The van der Waals surface area contributed by atoms with Crippen LogP contribution in [0.1, 0.15) is 0 Å². The van der Waals surface area contributed by atoms with Crippen molar-refractivity contribution in [2.45, 2.75) is 11.4 Å². The topological polar surface area (TPSA) is 86.5 Å². The highest BCUT2D eigenvalue weighted by atomic mass is 35.5. The van der Waals surface area contributed by atoms with Gasteiger partial charge in [0.15, 0.2) is 0 Å². The molecule has 0 amide bonds. The quantitative estimate of drug-likeness (QED) is 0.188. The molecule has 0 aromatic rings. The molecule has 0 bridgehead atoms. The van der Waals surface area contributed by atoms with Crippen LogP contribution in [-0.2, 0) is 14.7 Å². The SMILES string of the molecule is O=[N+]([O-])C(F)(F)C(F)(Cl)OS(=O)(=O)F. The molecule has 0 heterocycles. The lowest BCUT2D eigenvalue weighted by Gasteiger charge is -2.17. The summed E-state index contributed by atoms with van der Waals surface area (Å²) in [6.07, 6.45) is 0. The maximum Gasteiger partial charge on any atom is 0.588 e. The van der Waals surface area contributed by atoms with Crippen molar-refractivity contribution in [1.29, 1.82) is 0 Å². The predicted octanol–water partition coefficient (Wildman–Crippen LogP) is 0.949. The van der Waals surface area contributed by atoms with Gasteiger partial charge in [-0.15, -0.1) is 8.78 Å². The fourth-order valence-corrected chi connectivity index (χ4v) is 0.926. The number of nitrogens with zero attached hydrogens (tertiary/aromatic N) is 1. The lowest BCUT2D eigenvalue weighted by Crippen LogP contribution is -2.48. The fourth-order valence-electron chi connectivity index (χ4n) is 0.281. The molecule has 0 aliphatic heterocycles. The molecule has 0 saturated heterocycles. The molecule has 0 N–H and O–H groups in total. The zero-order chi connectivity index (χ0) is 11.8. The Balaban J connectivity index is 5.06.